The number of rotatable bonds is 0. The van der Waals surface area contributed by atoms with Crippen molar-refractivity contribution in [1.82, 2.24) is 0 Å². The van der Waals surface area contributed by atoms with E-state index in [-0.39, 0.29) is 6.42 Å². The zero-order valence-corrected chi connectivity index (χ0v) is 6.65. The van der Waals surface area contributed by atoms with Gasteiger partial charge in [0, 0.05) is 5.57 Å². The largest absolute Gasteiger partial charge is 0.412 e. The monoisotopic (exact) mass is 174 g/mol. The van der Waals surface area contributed by atoms with E-state index in [0.717, 1.165) is 11.6 Å². The predicted molar refractivity (Wildman–Crippen MR) is 41.7 cm³/mol. The lowest BCUT2D eigenvalue weighted by Gasteiger charge is -2.07. The highest BCUT2D eigenvalue weighted by molar-refractivity contribution is 5.31. The molecule has 66 valence electrons. The summed E-state index contributed by atoms with van der Waals surface area (Å²) in [6.45, 7) is 1.77. The van der Waals surface area contributed by atoms with Crippen LogP contribution in [0.15, 0.2) is 35.5 Å². The van der Waals surface area contributed by atoms with Crippen molar-refractivity contribution < 1.29 is 13.2 Å². The molecule has 0 spiro atoms. The van der Waals surface area contributed by atoms with Crippen LogP contribution in [-0.2, 0) is 0 Å². The molecule has 0 bridgehead atoms. The summed E-state index contributed by atoms with van der Waals surface area (Å²) in [5, 5.41) is 0. The summed E-state index contributed by atoms with van der Waals surface area (Å²) in [6.07, 6.45) is 1.61. The maximum absolute atomic E-state index is 12.1. The van der Waals surface area contributed by atoms with Gasteiger partial charge in [0.25, 0.3) is 0 Å². The Bertz CT molecular complexity index is 253. The van der Waals surface area contributed by atoms with Crippen LogP contribution in [0.2, 0.25) is 0 Å². The van der Waals surface area contributed by atoms with Gasteiger partial charge in [0.05, 0.1) is 0 Å². The highest BCUT2D eigenvalue weighted by Gasteiger charge is 2.32. The Morgan fingerprint density at radius 1 is 1.25 bits per heavy atom. The van der Waals surface area contributed by atoms with E-state index in [1.165, 1.54) is 12.2 Å². The molecule has 0 atom stereocenters. The zero-order valence-electron chi connectivity index (χ0n) is 6.65. The van der Waals surface area contributed by atoms with Crippen LogP contribution in [-0.4, -0.2) is 6.18 Å². The van der Waals surface area contributed by atoms with Crippen LogP contribution < -0.4 is 0 Å². The van der Waals surface area contributed by atoms with Crippen molar-refractivity contribution in [3.05, 3.63) is 35.5 Å². The molecule has 0 saturated carbocycles. The fourth-order valence-corrected chi connectivity index (χ4v) is 0.938. The van der Waals surface area contributed by atoms with Gasteiger partial charge in [-0.2, -0.15) is 13.2 Å². The first kappa shape index (κ1) is 9.10. The van der Waals surface area contributed by atoms with Gasteiger partial charge in [-0.1, -0.05) is 29.9 Å². The Kier molecular flexibility index (Phi) is 2.40. The van der Waals surface area contributed by atoms with E-state index in [1.807, 2.05) is 0 Å². The normalized spacial score (nSPS) is 18.3. The molecule has 0 radical (unpaired) electrons. The molecule has 1 aliphatic rings. The summed E-state index contributed by atoms with van der Waals surface area (Å²) in [4.78, 5) is 0. The summed E-state index contributed by atoms with van der Waals surface area (Å²) in [5.41, 5.74) is 0.352. The molecule has 3 heteroatoms. The van der Waals surface area contributed by atoms with E-state index in [2.05, 4.69) is 0 Å². The standard InChI is InChI=1S/C9H9F3/c1-7-3-2-4-8(6-5-7)9(10,11)12/h2-3,5-6H,4H2,1H3. The minimum Gasteiger partial charge on any atom is -0.166 e. The quantitative estimate of drug-likeness (QED) is 0.528. The lowest BCUT2D eigenvalue weighted by atomic mass is 10.2. The number of allylic oxidation sites excluding steroid dienone is 6. The zero-order chi connectivity index (χ0) is 9.19. The molecular formula is C9H9F3. The summed E-state index contributed by atoms with van der Waals surface area (Å²) in [6, 6.07) is 0. The fourth-order valence-electron chi connectivity index (χ4n) is 0.938. The van der Waals surface area contributed by atoms with E-state index in [4.69, 9.17) is 0 Å². The molecule has 0 aromatic carbocycles. The number of hydrogen-bond donors (Lipinski definition) is 0. The third kappa shape index (κ3) is 2.26. The van der Waals surface area contributed by atoms with E-state index in [0.29, 0.717) is 0 Å². The van der Waals surface area contributed by atoms with E-state index in [9.17, 15) is 13.2 Å². The van der Waals surface area contributed by atoms with Crippen molar-refractivity contribution in [2.45, 2.75) is 19.5 Å². The van der Waals surface area contributed by atoms with Crippen molar-refractivity contribution in [3.63, 3.8) is 0 Å². The molecule has 12 heavy (non-hydrogen) atoms. The van der Waals surface area contributed by atoms with Gasteiger partial charge in [-0.05, 0) is 13.3 Å². The van der Waals surface area contributed by atoms with Crippen LogP contribution in [0.3, 0.4) is 0 Å². The highest BCUT2D eigenvalue weighted by atomic mass is 19.4. The van der Waals surface area contributed by atoms with Gasteiger partial charge < -0.3 is 0 Å². The maximum Gasteiger partial charge on any atom is 0.412 e. The van der Waals surface area contributed by atoms with Crippen molar-refractivity contribution >= 4 is 0 Å². The van der Waals surface area contributed by atoms with Crippen LogP contribution in [0.25, 0.3) is 0 Å². The number of alkyl halides is 3. The molecule has 0 nitrogen and oxygen atoms in total. The summed E-state index contributed by atoms with van der Waals surface area (Å²) < 4.78 is 36.4. The molecule has 0 unspecified atom stereocenters. The minimum absolute atomic E-state index is 0.0304. The molecule has 1 rings (SSSR count). The third-order valence-corrected chi connectivity index (χ3v) is 1.63. The van der Waals surface area contributed by atoms with Crippen LogP contribution in [0, 0.1) is 0 Å². The van der Waals surface area contributed by atoms with Crippen LogP contribution in [0.4, 0.5) is 13.2 Å². The Morgan fingerprint density at radius 3 is 2.50 bits per heavy atom. The number of hydrogen-bond acceptors (Lipinski definition) is 0. The molecule has 0 aliphatic heterocycles. The molecule has 0 aromatic rings. The Morgan fingerprint density at radius 2 is 1.92 bits per heavy atom. The average molecular weight is 174 g/mol. The van der Waals surface area contributed by atoms with Gasteiger partial charge in [-0.3, -0.25) is 0 Å². The van der Waals surface area contributed by atoms with Crippen LogP contribution >= 0.6 is 0 Å². The second kappa shape index (κ2) is 3.17. The van der Waals surface area contributed by atoms with Crippen LogP contribution in [0.5, 0.6) is 0 Å². The summed E-state index contributed by atoms with van der Waals surface area (Å²) in [7, 11) is 0. The average Bonchev–Trinajstić information content (AvgIpc) is 2.11. The van der Waals surface area contributed by atoms with Crippen molar-refractivity contribution in [2.75, 3.05) is 0 Å². The van der Waals surface area contributed by atoms with Crippen molar-refractivity contribution in [3.8, 4) is 0 Å². The van der Waals surface area contributed by atoms with Crippen LogP contribution in [0.1, 0.15) is 13.3 Å². The number of halogens is 3. The molecule has 0 amide bonds. The molecule has 0 heterocycles. The molecule has 0 saturated heterocycles. The minimum atomic E-state index is -4.19. The molecule has 1 aliphatic carbocycles. The molecule has 0 N–H and O–H groups in total. The summed E-state index contributed by atoms with van der Waals surface area (Å²) >= 11 is 0. The Balaban J connectivity index is 2.89. The summed E-state index contributed by atoms with van der Waals surface area (Å²) in [5.74, 6) is 0. The Labute approximate surface area is 69.1 Å². The van der Waals surface area contributed by atoms with Gasteiger partial charge in [-0.25, -0.2) is 0 Å². The van der Waals surface area contributed by atoms with Gasteiger partial charge in [0.2, 0.25) is 0 Å². The van der Waals surface area contributed by atoms with Gasteiger partial charge in [-0.15, -0.1) is 0 Å². The van der Waals surface area contributed by atoms with Crippen molar-refractivity contribution in [1.29, 1.82) is 0 Å². The van der Waals surface area contributed by atoms with E-state index < -0.39 is 11.7 Å². The second-order valence-corrected chi connectivity index (χ2v) is 2.71. The van der Waals surface area contributed by atoms with Crippen molar-refractivity contribution in [2.24, 2.45) is 0 Å². The van der Waals surface area contributed by atoms with Gasteiger partial charge in [0.15, 0.2) is 0 Å². The first-order valence-corrected chi connectivity index (χ1v) is 3.61. The predicted octanol–water partition coefficient (Wildman–Crippen LogP) is 3.38. The molecular weight excluding hydrogens is 165 g/mol. The van der Waals surface area contributed by atoms with Gasteiger partial charge >= 0.3 is 6.18 Å². The third-order valence-electron chi connectivity index (χ3n) is 1.63. The van der Waals surface area contributed by atoms with E-state index in [1.54, 1.807) is 13.0 Å². The molecule has 0 fully saturated rings. The topological polar surface area (TPSA) is 0 Å². The smallest absolute Gasteiger partial charge is 0.166 e. The lowest BCUT2D eigenvalue weighted by Crippen LogP contribution is -2.10. The second-order valence-electron chi connectivity index (χ2n) is 2.71. The first-order valence-electron chi connectivity index (χ1n) is 3.61. The Hall–Kier alpha value is -0.990. The fraction of sp³-hybridized carbons (Fsp3) is 0.333. The molecule has 0 aromatic heterocycles. The van der Waals surface area contributed by atoms with E-state index >= 15 is 0 Å². The maximum atomic E-state index is 12.1. The SMILES string of the molecule is CC1=CC=C(C(F)(F)F)CC=C1. The highest BCUT2D eigenvalue weighted by Crippen LogP contribution is 2.29. The lowest BCUT2D eigenvalue weighted by molar-refractivity contribution is -0.0928. The first-order chi connectivity index (χ1) is 5.50. The van der Waals surface area contributed by atoms with Gasteiger partial charge in [0.1, 0.15) is 0 Å².